The molecule has 1 amide bonds. The summed E-state index contributed by atoms with van der Waals surface area (Å²) in [5.74, 6) is 0.0441. The van der Waals surface area contributed by atoms with Crippen molar-refractivity contribution in [3.8, 4) is 11.1 Å². The van der Waals surface area contributed by atoms with E-state index in [1.54, 1.807) is 7.05 Å². The molecule has 3 rings (SSSR count). The minimum atomic E-state index is -0.852. The highest BCUT2D eigenvalue weighted by Gasteiger charge is 2.38. The average molecular weight is 321 g/mol. The number of hydrogen-bond acceptors (Lipinski definition) is 4. The minimum Gasteiger partial charge on any atom is -0.369 e. The highest BCUT2D eigenvalue weighted by molar-refractivity contribution is 5.99. The fourth-order valence-electron chi connectivity index (χ4n) is 3.09. The number of amides is 1. The summed E-state index contributed by atoms with van der Waals surface area (Å²) in [7, 11) is 1.60. The molecular formula is C19H19N3O2. The van der Waals surface area contributed by atoms with Crippen LogP contribution >= 0.6 is 0 Å². The Labute approximate surface area is 140 Å². The normalized spacial score (nSPS) is 20.7. The molecule has 0 saturated heterocycles. The molecule has 2 N–H and O–H groups in total. The zero-order valence-corrected chi connectivity index (χ0v) is 13.7. The van der Waals surface area contributed by atoms with E-state index < -0.39 is 5.54 Å². The first-order valence-corrected chi connectivity index (χ1v) is 7.72. The van der Waals surface area contributed by atoms with Crippen molar-refractivity contribution in [2.75, 3.05) is 7.05 Å². The third-order valence-electron chi connectivity index (χ3n) is 4.46. The van der Waals surface area contributed by atoms with Crippen LogP contribution in [0.15, 0.2) is 53.5 Å². The van der Waals surface area contributed by atoms with Gasteiger partial charge >= 0.3 is 0 Å². The highest BCUT2D eigenvalue weighted by Crippen LogP contribution is 2.37. The summed E-state index contributed by atoms with van der Waals surface area (Å²) in [5, 5.41) is 0. The summed E-state index contributed by atoms with van der Waals surface area (Å²) in [6.07, 6.45) is 1.00. The van der Waals surface area contributed by atoms with E-state index in [1.807, 2.05) is 55.5 Å². The number of guanidine groups is 1. The van der Waals surface area contributed by atoms with Crippen LogP contribution in [0.1, 0.15) is 29.3 Å². The maximum atomic E-state index is 12.2. The predicted octanol–water partition coefficient (Wildman–Crippen LogP) is 2.56. The summed E-state index contributed by atoms with van der Waals surface area (Å²) in [6, 6.07) is 15.3. The van der Waals surface area contributed by atoms with E-state index in [-0.39, 0.29) is 18.3 Å². The number of nitrogens with two attached hydrogens (primary N) is 1. The molecule has 0 bridgehead atoms. The Bertz CT molecular complexity index is 830. The van der Waals surface area contributed by atoms with Crippen LogP contribution in [-0.2, 0) is 10.3 Å². The molecule has 0 aliphatic carbocycles. The lowest BCUT2D eigenvalue weighted by Crippen LogP contribution is -2.47. The summed E-state index contributed by atoms with van der Waals surface area (Å²) in [5.41, 5.74) is 8.06. The van der Waals surface area contributed by atoms with Crippen LogP contribution in [0, 0.1) is 0 Å². The molecule has 0 aromatic heterocycles. The van der Waals surface area contributed by atoms with Crippen LogP contribution in [0.5, 0.6) is 0 Å². The number of nitrogens with zero attached hydrogens (tertiary/aromatic N) is 2. The highest BCUT2D eigenvalue weighted by atomic mass is 16.2. The molecule has 1 aliphatic heterocycles. The lowest BCUT2D eigenvalue weighted by atomic mass is 9.82. The van der Waals surface area contributed by atoms with Crippen molar-refractivity contribution in [2.24, 2.45) is 10.7 Å². The minimum absolute atomic E-state index is 0.119. The number of benzene rings is 2. The molecule has 0 saturated carbocycles. The van der Waals surface area contributed by atoms with Gasteiger partial charge in [0.05, 0.1) is 12.0 Å². The van der Waals surface area contributed by atoms with Gasteiger partial charge in [-0.25, -0.2) is 4.99 Å². The SMILES string of the molecule is CN1C(=O)CC(C)(c2cccc(-c3ccccc3)c2C=O)N=C1N. The van der Waals surface area contributed by atoms with Crippen LogP contribution in [-0.4, -0.2) is 30.1 Å². The number of carbonyl (C=O) groups excluding carboxylic acids is 2. The van der Waals surface area contributed by atoms with E-state index in [1.165, 1.54) is 4.90 Å². The number of rotatable bonds is 3. The largest absolute Gasteiger partial charge is 0.369 e. The van der Waals surface area contributed by atoms with E-state index in [9.17, 15) is 9.59 Å². The molecule has 0 radical (unpaired) electrons. The molecule has 24 heavy (non-hydrogen) atoms. The van der Waals surface area contributed by atoms with E-state index in [2.05, 4.69) is 4.99 Å². The Morgan fingerprint density at radius 2 is 1.88 bits per heavy atom. The first-order chi connectivity index (χ1) is 11.5. The first kappa shape index (κ1) is 15.9. The molecule has 1 aliphatic rings. The van der Waals surface area contributed by atoms with Crippen molar-refractivity contribution in [1.82, 2.24) is 4.90 Å². The lowest BCUT2D eigenvalue weighted by molar-refractivity contribution is -0.128. The molecule has 1 unspecified atom stereocenters. The van der Waals surface area contributed by atoms with E-state index in [4.69, 9.17) is 5.73 Å². The van der Waals surface area contributed by atoms with Crippen molar-refractivity contribution in [1.29, 1.82) is 0 Å². The van der Waals surface area contributed by atoms with Crippen molar-refractivity contribution < 1.29 is 9.59 Å². The number of aldehydes is 1. The summed E-state index contributed by atoms with van der Waals surface area (Å²) < 4.78 is 0. The van der Waals surface area contributed by atoms with Gasteiger partial charge in [-0.2, -0.15) is 0 Å². The first-order valence-electron chi connectivity index (χ1n) is 7.72. The molecule has 2 aromatic rings. The summed E-state index contributed by atoms with van der Waals surface area (Å²) in [6.45, 7) is 1.84. The van der Waals surface area contributed by atoms with E-state index in [0.717, 1.165) is 17.4 Å². The molecule has 5 heteroatoms. The van der Waals surface area contributed by atoms with Crippen LogP contribution in [0.4, 0.5) is 0 Å². The van der Waals surface area contributed by atoms with Gasteiger partial charge in [-0.1, -0.05) is 48.5 Å². The van der Waals surface area contributed by atoms with Gasteiger partial charge < -0.3 is 5.73 Å². The zero-order chi connectivity index (χ0) is 17.3. The Morgan fingerprint density at radius 3 is 2.50 bits per heavy atom. The molecular weight excluding hydrogens is 302 g/mol. The second-order valence-electron chi connectivity index (χ2n) is 6.12. The van der Waals surface area contributed by atoms with Gasteiger partial charge in [-0.05, 0) is 23.6 Å². The monoisotopic (exact) mass is 321 g/mol. The molecule has 0 fully saturated rings. The third-order valence-corrected chi connectivity index (χ3v) is 4.46. The van der Waals surface area contributed by atoms with Crippen LogP contribution < -0.4 is 5.73 Å². The summed E-state index contributed by atoms with van der Waals surface area (Å²) >= 11 is 0. The van der Waals surface area contributed by atoms with Gasteiger partial charge in [0.2, 0.25) is 5.91 Å². The Hall–Kier alpha value is -2.95. The molecule has 2 aromatic carbocycles. The second kappa shape index (κ2) is 5.92. The summed E-state index contributed by atoms with van der Waals surface area (Å²) in [4.78, 5) is 29.9. The van der Waals surface area contributed by atoms with Crippen molar-refractivity contribution in [2.45, 2.75) is 18.9 Å². The molecule has 5 nitrogen and oxygen atoms in total. The van der Waals surface area contributed by atoms with Crippen LogP contribution in [0.3, 0.4) is 0 Å². The van der Waals surface area contributed by atoms with Gasteiger partial charge in [0.25, 0.3) is 0 Å². The Kier molecular flexibility index (Phi) is 3.93. The van der Waals surface area contributed by atoms with Gasteiger partial charge in [0.1, 0.15) is 0 Å². The topological polar surface area (TPSA) is 75.8 Å². The fourth-order valence-corrected chi connectivity index (χ4v) is 3.09. The Morgan fingerprint density at radius 1 is 1.17 bits per heavy atom. The van der Waals surface area contributed by atoms with Crippen molar-refractivity contribution >= 4 is 18.2 Å². The quantitative estimate of drug-likeness (QED) is 0.883. The van der Waals surface area contributed by atoms with Crippen molar-refractivity contribution in [3.63, 3.8) is 0 Å². The van der Waals surface area contributed by atoms with Crippen molar-refractivity contribution in [3.05, 3.63) is 59.7 Å². The maximum Gasteiger partial charge on any atom is 0.231 e. The fraction of sp³-hybridized carbons (Fsp3) is 0.211. The average Bonchev–Trinajstić information content (AvgIpc) is 2.59. The second-order valence-corrected chi connectivity index (χ2v) is 6.12. The molecule has 0 spiro atoms. The zero-order valence-electron chi connectivity index (χ0n) is 13.7. The van der Waals surface area contributed by atoms with Gasteiger partial charge in [0.15, 0.2) is 12.2 Å². The standard InChI is InChI=1S/C19H19N3O2/c1-19(11-17(24)22(2)18(20)21-19)16-10-6-9-14(15(16)12-23)13-7-4-3-5-8-13/h3-10,12H,11H2,1-2H3,(H2,20,21). The van der Waals surface area contributed by atoms with E-state index >= 15 is 0 Å². The van der Waals surface area contributed by atoms with Gasteiger partial charge in [0, 0.05) is 12.6 Å². The molecule has 1 atom stereocenters. The Balaban J connectivity index is 2.19. The number of hydrogen-bond donors (Lipinski definition) is 1. The van der Waals surface area contributed by atoms with Crippen LogP contribution in [0.25, 0.3) is 11.1 Å². The maximum absolute atomic E-state index is 12.2. The molecule has 122 valence electrons. The molecule has 1 heterocycles. The third kappa shape index (κ3) is 2.58. The van der Waals surface area contributed by atoms with Crippen LogP contribution in [0.2, 0.25) is 0 Å². The number of carbonyl (C=O) groups is 2. The van der Waals surface area contributed by atoms with Gasteiger partial charge in [-0.15, -0.1) is 0 Å². The van der Waals surface area contributed by atoms with Gasteiger partial charge in [-0.3, -0.25) is 14.5 Å². The number of aliphatic imine (C=N–C) groups is 1. The van der Waals surface area contributed by atoms with E-state index in [0.29, 0.717) is 11.1 Å². The lowest BCUT2D eigenvalue weighted by Gasteiger charge is -2.34. The smallest absolute Gasteiger partial charge is 0.231 e. The predicted molar refractivity (Wildman–Crippen MR) is 93.6 cm³/mol.